The number of benzene rings is 2. The van der Waals surface area contributed by atoms with Gasteiger partial charge < -0.3 is 14.2 Å². The van der Waals surface area contributed by atoms with Crippen molar-refractivity contribution in [3.8, 4) is 28.5 Å². The van der Waals surface area contributed by atoms with E-state index in [2.05, 4.69) is 17.2 Å². The zero-order chi connectivity index (χ0) is 20.1. The lowest BCUT2D eigenvalue weighted by Gasteiger charge is -2.13. The zero-order valence-electron chi connectivity index (χ0n) is 16.2. The third-order valence-corrected chi connectivity index (χ3v) is 5.35. The maximum absolute atomic E-state index is 12.9. The fourth-order valence-corrected chi connectivity index (χ4v) is 3.76. The molecule has 6 nitrogen and oxygen atoms in total. The number of hydrogen-bond donors (Lipinski definition) is 1. The molecule has 0 radical (unpaired) electrons. The minimum absolute atomic E-state index is 0.325. The molecule has 1 N–H and O–H groups in total. The van der Waals surface area contributed by atoms with Crippen molar-refractivity contribution in [2.75, 3.05) is 26.6 Å². The van der Waals surface area contributed by atoms with Gasteiger partial charge in [0.1, 0.15) is 5.75 Å². The molecule has 0 bridgehead atoms. The average Bonchev–Trinajstić information content (AvgIpc) is 3.15. The van der Waals surface area contributed by atoms with Crippen molar-refractivity contribution in [2.24, 2.45) is 0 Å². The summed E-state index contributed by atoms with van der Waals surface area (Å²) in [5, 5.41) is 3.42. The van der Waals surface area contributed by atoms with Gasteiger partial charge in [0.25, 0.3) is 5.91 Å². The number of hydrogen-bond acceptors (Lipinski definition) is 6. The van der Waals surface area contributed by atoms with Crippen LogP contribution in [0.4, 0.5) is 5.13 Å². The van der Waals surface area contributed by atoms with Gasteiger partial charge in [0.2, 0.25) is 0 Å². The second kappa shape index (κ2) is 8.75. The molecule has 0 aliphatic carbocycles. The Morgan fingerprint density at radius 2 is 1.64 bits per heavy atom. The van der Waals surface area contributed by atoms with Gasteiger partial charge in [0, 0.05) is 22.6 Å². The lowest BCUT2D eigenvalue weighted by atomic mass is 10.1. The highest BCUT2D eigenvalue weighted by Crippen LogP contribution is 2.36. The summed E-state index contributed by atoms with van der Waals surface area (Å²) in [5.74, 6) is 1.01. The first-order chi connectivity index (χ1) is 13.6. The van der Waals surface area contributed by atoms with E-state index in [0.717, 1.165) is 22.6 Å². The van der Waals surface area contributed by atoms with Crippen LogP contribution in [0.3, 0.4) is 0 Å². The van der Waals surface area contributed by atoms with Crippen molar-refractivity contribution < 1.29 is 19.0 Å². The molecule has 3 rings (SSSR count). The zero-order valence-corrected chi connectivity index (χ0v) is 17.1. The van der Waals surface area contributed by atoms with E-state index in [1.807, 2.05) is 30.3 Å². The van der Waals surface area contributed by atoms with Gasteiger partial charge >= 0.3 is 0 Å². The summed E-state index contributed by atoms with van der Waals surface area (Å²) in [6.45, 7) is 2.07. The Morgan fingerprint density at radius 3 is 2.25 bits per heavy atom. The Morgan fingerprint density at radius 1 is 1.00 bits per heavy atom. The summed E-state index contributed by atoms with van der Waals surface area (Å²) in [6.07, 6.45) is 0.831. The molecule has 0 aliphatic heterocycles. The van der Waals surface area contributed by atoms with Crippen LogP contribution in [-0.4, -0.2) is 32.2 Å². The fourth-order valence-electron chi connectivity index (χ4n) is 2.84. The minimum atomic E-state index is -0.325. The van der Waals surface area contributed by atoms with E-state index in [9.17, 15) is 4.79 Å². The van der Waals surface area contributed by atoms with Crippen LogP contribution in [0, 0.1) is 0 Å². The number of nitrogens with zero attached hydrogens (tertiary/aromatic N) is 1. The molecule has 1 amide bonds. The summed E-state index contributed by atoms with van der Waals surface area (Å²) in [4.78, 5) is 18.6. The Balaban J connectivity index is 1.92. The van der Waals surface area contributed by atoms with Crippen LogP contribution >= 0.6 is 11.3 Å². The van der Waals surface area contributed by atoms with Gasteiger partial charge in [-0.2, -0.15) is 0 Å². The summed E-state index contributed by atoms with van der Waals surface area (Å²) in [6, 6.07) is 13.2. The van der Waals surface area contributed by atoms with Gasteiger partial charge in [-0.25, -0.2) is 4.98 Å². The van der Waals surface area contributed by atoms with Gasteiger partial charge in [0.05, 0.1) is 32.6 Å². The van der Waals surface area contributed by atoms with Crippen LogP contribution in [-0.2, 0) is 6.42 Å². The summed E-state index contributed by atoms with van der Waals surface area (Å²) in [7, 11) is 4.56. The van der Waals surface area contributed by atoms with Crippen LogP contribution < -0.4 is 19.5 Å². The van der Waals surface area contributed by atoms with E-state index in [1.165, 1.54) is 32.7 Å². The fraction of sp³-hybridized carbons (Fsp3) is 0.238. The number of anilines is 1. The number of amides is 1. The molecule has 3 aromatic rings. The number of carbonyl (C=O) groups is 1. The summed E-state index contributed by atoms with van der Waals surface area (Å²) >= 11 is 1.47. The molecular weight excluding hydrogens is 376 g/mol. The predicted octanol–water partition coefficient (Wildman–Crippen LogP) is 4.65. The molecule has 0 saturated carbocycles. The van der Waals surface area contributed by atoms with Crippen molar-refractivity contribution in [3.05, 3.63) is 52.9 Å². The number of ether oxygens (including phenoxy) is 3. The lowest BCUT2D eigenvalue weighted by Crippen LogP contribution is -2.13. The summed E-state index contributed by atoms with van der Waals surface area (Å²) in [5.41, 5.74) is 2.26. The van der Waals surface area contributed by atoms with E-state index < -0.39 is 0 Å². The van der Waals surface area contributed by atoms with E-state index in [-0.39, 0.29) is 5.91 Å². The molecule has 0 aliphatic rings. The van der Waals surface area contributed by atoms with Crippen LogP contribution in [0.25, 0.3) is 11.3 Å². The Bertz CT molecular complexity index is 970. The molecule has 0 unspecified atom stereocenters. The molecule has 7 heteroatoms. The van der Waals surface area contributed by atoms with Crippen LogP contribution in [0.2, 0.25) is 0 Å². The topological polar surface area (TPSA) is 69.7 Å². The van der Waals surface area contributed by atoms with Crippen LogP contribution in [0.5, 0.6) is 17.2 Å². The highest BCUT2D eigenvalue weighted by atomic mass is 32.1. The van der Waals surface area contributed by atoms with Crippen molar-refractivity contribution in [2.45, 2.75) is 13.3 Å². The van der Waals surface area contributed by atoms with Crippen molar-refractivity contribution in [1.82, 2.24) is 4.98 Å². The first-order valence-corrected chi connectivity index (χ1v) is 9.59. The van der Waals surface area contributed by atoms with Gasteiger partial charge in [-0.1, -0.05) is 37.3 Å². The van der Waals surface area contributed by atoms with E-state index in [0.29, 0.717) is 27.9 Å². The third kappa shape index (κ3) is 3.94. The van der Waals surface area contributed by atoms with Crippen molar-refractivity contribution in [1.29, 1.82) is 0 Å². The molecule has 146 valence electrons. The summed E-state index contributed by atoms with van der Waals surface area (Å²) < 4.78 is 15.9. The number of rotatable bonds is 7. The normalized spacial score (nSPS) is 10.4. The first kappa shape index (κ1) is 19.7. The SMILES string of the molecule is CCc1sc(NC(=O)c2cc(OC)c(OC)cc2OC)nc1-c1ccccc1. The monoisotopic (exact) mass is 398 g/mol. The maximum atomic E-state index is 12.9. The second-order valence-electron chi connectivity index (χ2n) is 5.87. The van der Waals surface area contributed by atoms with Crippen LogP contribution in [0.15, 0.2) is 42.5 Å². The highest BCUT2D eigenvalue weighted by Gasteiger charge is 2.20. The predicted molar refractivity (Wildman–Crippen MR) is 111 cm³/mol. The van der Waals surface area contributed by atoms with Crippen molar-refractivity contribution in [3.63, 3.8) is 0 Å². The molecule has 2 aromatic carbocycles. The molecule has 0 saturated heterocycles. The number of carbonyl (C=O) groups excluding carboxylic acids is 1. The molecule has 1 heterocycles. The highest BCUT2D eigenvalue weighted by molar-refractivity contribution is 7.16. The maximum Gasteiger partial charge on any atom is 0.261 e. The molecule has 0 spiro atoms. The largest absolute Gasteiger partial charge is 0.496 e. The van der Waals surface area contributed by atoms with E-state index in [4.69, 9.17) is 14.2 Å². The van der Waals surface area contributed by atoms with Gasteiger partial charge in [-0.3, -0.25) is 10.1 Å². The number of aromatic nitrogens is 1. The Kier molecular flexibility index (Phi) is 6.16. The Labute approximate surface area is 168 Å². The molecular formula is C21H22N2O4S. The lowest BCUT2D eigenvalue weighted by molar-refractivity contribution is 0.102. The van der Waals surface area contributed by atoms with Gasteiger partial charge in [-0.05, 0) is 6.42 Å². The number of methoxy groups -OCH3 is 3. The smallest absolute Gasteiger partial charge is 0.261 e. The third-order valence-electron chi connectivity index (χ3n) is 4.24. The number of aryl methyl sites for hydroxylation is 1. The van der Waals surface area contributed by atoms with E-state index in [1.54, 1.807) is 12.1 Å². The Hall–Kier alpha value is -3.06. The molecule has 0 fully saturated rings. The van der Waals surface area contributed by atoms with Crippen LogP contribution in [0.1, 0.15) is 22.2 Å². The van der Waals surface area contributed by atoms with E-state index >= 15 is 0 Å². The van der Waals surface area contributed by atoms with Gasteiger partial charge in [-0.15, -0.1) is 11.3 Å². The minimum Gasteiger partial charge on any atom is -0.496 e. The standard InChI is InChI=1S/C21H22N2O4S/c1-5-18-19(13-9-7-6-8-10-13)22-21(28-18)23-20(24)14-11-16(26-3)17(27-4)12-15(14)25-2/h6-12H,5H2,1-4H3,(H,22,23,24). The number of nitrogens with one attached hydrogen (secondary N) is 1. The van der Waals surface area contributed by atoms with Crippen molar-refractivity contribution >= 4 is 22.4 Å². The number of thiazole rings is 1. The quantitative estimate of drug-likeness (QED) is 0.627. The molecule has 0 atom stereocenters. The molecule has 28 heavy (non-hydrogen) atoms. The second-order valence-corrected chi connectivity index (χ2v) is 6.96. The van der Waals surface area contributed by atoms with Gasteiger partial charge in [0.15, 0.2) is 16.6 Å². The average molecular weight is 398 g/mol. The first-order valence-electron chi connectivity index (χ1n) is 8.77. The molecule has 1 aromatic heterocycles.